The monoisotopic (exact) mass is 449 g/mol. The Hall–Kier alpha value is -3.30. The molecule has 0 atom stereocenters. The number of alkyl halides is 3. The molecule has 1 saturated heterocycles. The van der Waals surface area contributed by atoms with Gasteiger partial charge in [0.1, 0.15) is 5.82 Å². The Bertz CT molecular complexity index is 930. The fourth-order valence-corrected chi connectivity index (χ4v) is 3.41. The summed E-state index contributed by atoms with van der Waals surface area (Å²) in [7, 11) is 0. The van der Waals surface area contributed by atoms with Crippen molar-refractivity contribution in [2.24, 2.45) is 0 Å². The number of amides is 3. The molecule has 172 valence electrons. The number of halogens is 3. The van der Waals surface area contributed by atoms with Gasteiger partial charge in [-0.1, -0.05) is 0 Å². The molecule has 7 nitrogen and oxygen atoms in total. The average molecular weight is 449 g/mol. The lowest BCUT2D eigenvalue weighted by Gasteiger charge is -2.23. The van der Waals surface area contributed by atoms with Gasteiger partial charge in [-0.15, -0.1) is 0 Å². The smallest absolute Gasteiger partial charge is 0.355 e. The first kappa shape index (κ1) is 23.4. The van der Waals surface area contributed by atoms with Crippen LogP contribution in [0.5, 0.6) is 0 Å². The zero-order valence-corrected chi connectivity index (χ0v) is 17.9. The first-order valence-corrected chi connectivity index (χ1v) is 10.4. The van der Waals surface area contributed by atoms with E-state index in [1.807, 2.05) is 18.7 Å². The van der Waals surface area contributed by atoms with Crippen molar-refractivity contribution in [1.82, 2.24) is 15.2 Å². The highest BCUT2D eigenvalue weighted by Gasteiger charge is 2.30. The van der Waals surface area contributed by atoms with Crippen molar-refractivity contribution < 1.29 is 22.8 Å². The van der Waals surface area contributed by atoms with E-state index in [2.05, 4.69) is 15.6 Å². The van der Waals surface area contributed by atoms with Gasteiger partial charge in [0, 0.05) is 37.8 Å². The number of pyridine rings is 1. The predicted octanol–water partition coefficient (Wildman–Crippen LogP) is 3.98. The normalized spacial score (nSPS) is 14.8. The number of nitrogens with zero attached hydrogens (tertiary/aromatic N) is 3. The standard InChI is InChI=1S/C22H26F3N5O2/c1-15(2)27-21(32)28-18-8-9-19(26-14-18)29-10-3-11-30(13-12-29)20(31)16-4-6-17(7-5-16)22(23,24)25/h4-9,14-15H,3,10-13H2,1-2H3,(H2,27,28,32). The molecule has 0 unspecified atom stereocenters. The number of hydrogen-bond acceptors (Lipinski definition) is 4. The highest BCUT2D eigenvalue weighted by molar-refractivity contribution is 5.94. The number of nitrogens with one attached hydrogen (secondary N) is 2. The molecule has 0 spiro atoms. The van der Waals surface area contributed by atoms with Crippen LogP contribution in [0.25, 0.3) is 0 Å². The van der Waals surface area contributed by atoms with Crippen LogP contribution in [0.3, 0.4) is 0 Å². The van der Waals surface area contributed by atoms with E-state index in [1.54, 1.807) is 23.2 Å². The molecule has 1 aromatic heterocycles. The fraction of sp³-hybridized carbons (Fsp3) is 0.409. The quantitative estimate of drug-likeness (QED) is 0.740. The topological polar surface area (TPSA) is 77.6 Å². The number of aromatic nitrogens is 1. The minimum absolute atomic E-state index is 0.0209. The second kappa shape index (κ2) is 9.88. The van der Waals surface area contributed by atoms with Gasteiger partial charge in [-0.2, -0.15) is 13.2 Å². The minimum Gasteiger partial charge on any atom is -0.355 e. The van der Waals surface area contributed by atoms with Crippen molar-refractivity contribution in [2.75, 3.05) is 36.4 Å². The third-order valence-corrected chi connectivity index (χ3v) is 4.99. The Morgan fingerprint density at radius 1 is 1.00 bits per heavy atom. The Morgan fingerprint density at radius 3 is 2.31 bits per heavy atom. The molecular weight excluding hydrogens is 423 g/mol. The summed E-state index contributed by atoms with van der Waals surface area (Å²) in [5.41, 5.74) is 0.0299. The van der Waals surface area contributed by atoms with Crippen molar-refractivity contribution in [3.8, 4) is 0 Å². The van der Waals surface area contributed by atoms with Gasteiger partial charge in [0.05, 0.1) is 17.4 Å². The lowest BCUT2D eigenvalue weighted by Crippen LogP contribution is -2.35. The maximum Gasteiger partial charge on any atom is 0.416 e. The number of rotatable bonds is 4. The van der Waals surface area contributed by atoms with Crippen LogP contribution in [0.2, 0.25) is 0 Å². The first-order valence-electron chi connectivity index (χ1n) is 10.4. The van der Waals surface area contributed by atoms with E-state index < -0.39 is 11.7 Å². The van der Waals surface area contributed by atoms with Crippen LogP contribution >= 0.6 is 0 Å². The van der Waals surface area contributed by atoms with Crippen LogP contribution in [0.4, 0.5) is 29.5 Å². The molecule has 1 fully saturated rings. The molecule has 2 heterocycles. The highest BCUT2D eigenvalue weighted by atomic mass is 19.4. The van der Waals surface area contributed by atoms with Gasteiger partial charge in [0.25, 0.3) is 5.91 Å². The van der Waals surface area contributed by atoms with Crippen molar-refractivity contribution in [2.45, 2.75) is 32.5 Å². The highest BCUT2D eigenvalue weighted by Crippen LogP contribution is 2.29. The molecule has 1 aliphatic rings. The molecule has 0 saturated carbocycles. The molecule has 3 rings (SSSR count). The number of urea groups is 1. The van der Waals surface area contributed by atoms with Gasteiger partial charge >= 0.3 is 12.2 Å². The van der Waals surface area contributed by atoms with Crippen LogP contribution in [-0.2, 0) is 6.18 Å². The summed E-state index contributed by atoms with van der Waals surface area (Å²) in [6, 6.07) is 7.58. The average Bonchev–Trinajstić information content (AvgIpc) is 2.99. The Kier molecular flexibility index (Phi) is 7.22. The van der Waals surface area contributed by atoms with E-state index >= 15 is 0 Å². The number of anilines is 2. The molecule has 32 heavy (non-hydrogen) atoms. The molecular formula is C22H26F3N5O2. The Morgan fingerprint density at radius 2 is 1.72 bits per heavy atom. The zero-order chi connectivity index (χ0) is 23.3. The maximum atomic E-state index is 12.7. The number of hydrogen-bond donors (Lipinski definition) is 2. The molecule has 1 aromatic carbocycles. The predicted molar refractivity (Wildman–Crippen MR) is 116 cm³/mol. The summed E-state index contributed by atoms with van der Waals surface area (Å²) in [6.07, 6.45) is -2.16. The van der Waals surface area contributed by atoms with E-state index in [0.29, 0.717) is 38.3 Å². The molecule has 2 aromatic rings. The van der Waals surface area contributed by atoms with Gasteiger partial charge in [-0.3, -0.25) is 4.79 Å². The van der Waals surface area contributed by atoms with Gasteiger partial charge in [0.15, 0.2) is 0 Å². The summed E-state index contributed by atoms with van der Waals surface area (Å²) >= 11 is 0. The zero-order valence-electron chi connectivity index (χ0n) is 17.9. The maximum absolute atomic E-state index is 12.7. The number of benzene rings is 1. The SMILES string of the molecule is CC(C)NC(=O)Nc1ccc(N2CCCN(C(=O)c3ccc(C(F)(F)F)cc3)CC2)nc1. The van der Waals surface area contributed by atoms with Crippen molar-refractivity contribution in [3.63, 3.8) is 0 Å². The van der Waals surface area contributed by atoms with E-state index in [4.69, 9.17) is 0 Å². The molecule has 1 aliphatic heterocycles. The molecule has 0 aliphatic carbocycles. The van der Waals surface area contributed by atoms with Gasteiger partial charge in [-0.25, -0.2) is 9.78 Å². The van der Waals surface area contributed by atoms with Crippen molar-refractivity contribution in [1.29, 1.82) is 0 Å². The largest absolute Gasteiger partial charge is 0.416 e. The van der Waals surface area contributed by atoms with E-state index in [0.717, 1.165) is 18.0 Å². The molecule has 2 N–H and O–H groups in total. The van der Waals surface area contributed by atoms with E-state index in [-0.39, 0.29) is 23.5 Å². The minimum atomic E-state index is -4.43. The summed E-state index contributed by atoms with van der Waals surface area (Å²) in [5, 5.41) is 5.45. The van der Waals surface area contributed by atoms with Crippen LogP contribution in [0, 0.1) is 0 Å². The van der Waals surface area contributed by atoms with Crippen molar-refractivity contribution in [3.05, 3.63) is 53.7 Å². The summed E-state index contributed by atoms with van der Waals surface area (Å²) < 4.78 is 38.2. The third-order valence-electron chi connectivity index (χ3n) is 4.99. The summed E-state index contributed by atoms with van der Waals surface area (Å²) in [6.45, 7) is 5.89. The van der Waals surface area contributed by atoms with Crippen molar-refractivity contribution >= 4 is 23.4 Å². The van der Waals surface area contributed by atoms with Gasteiger partial charge < -0.3 is 20.4 Å². The number of carbonyl (C=O) groups excluding carboxylic acids is 2. The third kappa shape index (κ3) is 6.12. The van der Waals surface area contributed by atoms with Crippen LogP contribution in [0.15, 0.2) is 42.6 Å². The lowest BCUT2D eigenvalue weighted by molar-refractivity contribution is -0.137. The second-order valence-corrected chi connectivity index (χ2v) is 7.87. The molecule has 0 bridgehead atoms. The number of carbonyl (C=O) groups is 2. The molecule has 10 heteroatoms. The summed E-state index contributed by atoms with van der Waals surface area (Å²) in [5.74, 6) is 0.438. The van der Waals surface area contributed by atoms with Crippen LogP contribution in [-0.4, -0.2) is 54.0 Å². The van der Waals surface area contributed by atoms with Gasteiger partial charge in [0.2, 0.25) is 0 Å². The Balaban J connectivity index is 1.59. The molecule has 3 amide bonds. The Labute approximate surface area is 184 Å². The van der Waals surface area contributed by atoms with Gasteiger partial charge in [-0.05, 0) is 56.7 Å². The molecule has 0 radical (unpaired) electrons. The van der Waals surface area contributed by atoms with Crippen LogP contribution in [0.1, 0.15) is 36.2 Å². The van der Waals surface area contributed by atoms with E-state index in [1.165, 1.54) is 12.1 Å². The second-order valence-electron chi connectivity index (χ2n) is 7.87. The summed E-state index contributed by atoms with van der Waals surface area (Å²) in [4.78, 5) is 32.6. The lowest BCUT2D eigenvalue weighted by atomic mass is 10.1. The fourth-order valence-electron chi connectivity index (χ4n) is 3.41. The van der Waals surface area contributed by atoms with Crippen LogP contribution < -0.4 is 15.5 Å². The van der Waals surface area contributed by atoms with E-state index in [9.17, 15) is 22.8 Å². The first-order chi connectivity index (χ1) is 15.1.